The van der Waals surface area contributed by atoms with Gasteiger partial charge in [0.2, 0.25) is 0 Å². The van der Waals surface area contributed by atoms with Crippen LogP contribution in [0.3, 0.4) is 0 Å². The van der Waals surface area contributed by atoms with Crippen LogP contribution in [0.1, 0.15) is 25.5 Å². The Hall–Kier alpha value is -2.38. The van der Waals surface area contributed by atoms with Crippen LogP contribution >= 0.6 is 23.5 Å². The third-order valence-corrected chi connectivity index (χ3v) is 7.45. The monoisotopic (exact) mass is 425 g/mol. The van der Waals surface area contributed by atoms with Crippen LogP contribution in [0.25, 0.3) is 0 Å². The molecule has 2 aliphatic rings. The molecule has 0 unspecified atom stereocenters. The largest absolute Gasteiger partial charge is 0.497 e. The second-order valence-corrected chi connectivity index (χ2v) is 8.79. The number of hydrogen-bond acceptors (Lipinski definition) is 6. The summed E-state index contributed by atoms with van der Waals surface area (Å²) in [4.78, 5) is 23.7. The van der Waals surface area contributed by atoms with E-state index in [1.807, 2.05) is 50.4 Å². The number of fused-ring (bicyclic) bond motifs is 1. The topological polar surface area (TPSA) is 45.1 Å². The first-order valence-electron chi connectivity index (χ1n) is 9.49. The predicted octanol–water partition coefficient (Wildman–Crippen LogP) is 5.12. The minimum absolute atomic E-state index is 0.0136. The maximum absolute atomic E-state index is 13.2. The molecule has 150 valence electrons. The fraction of sp³-hybridized carbons (Fsp3) is 0.273. The molecule has 2 aromatic carbocycles. The third-order valence-electron chi connectivity index (χ3n) is 5.00. The van der Waals surface area contributed by atoms with E-state index in [4.69, 9.17) is 9.73 Å². The summed E-state index contributed by atoms with van der Waals surface area (Å²) < 4.78 is 5.36. The lowest BCUT2D eigenvalue weighted by molar-refractivity contribution is -0.122. The average Bonchev–Trinajstić information content (AvgIpc) is 3.24. The molecule has 5 nitrogen and oxygen atoms in total. The summed E-state index contributed by atoms with van der Waals surface area (Å²) in [6, 6.07) is 16.1. The Bertz CT molecular complexity index is 1000. The van der Waals surface area contributed by atoms with Crippen LogP contribution < -0.4 is 9.64 Å². The number of amidine groups is 1. The highest BCUT2D eigenvalue weighted by Gasteiger charge is 2.38. The van der Waals surface area contributed by atoms with E-state index < -0.39 is 0 Å². The third kappa shape index (κ3) is 3.65. The van der Waals surface area contributed by atoms with Gasteiger partial charge in [-0.05, 0) is 43.3 Å². The van der Waals surface area contributed by atoms with E-state index in [2.05, 4.69) is 24.0 Å². The van der Waals surface area contributed by atoms with Gasteiger partial charge in [-0.2, -0.15) is 0 Å². The normalized spacial score (nSPS) is 21.1. The summed E-state index contributed by atoms with van der Waals surface area (Å²) in [5, 5.41) is 1.71. The second kappa shape index (κ2) is 8.16. The van der Waals surface area contributed by atoms with E-state index >= 15 is 0 Å². The zero-order valence-electron chi connectivity index (χ0n) is 16.9. The second-order valence-electron chi connectivity index (χ2n) is 6.78. The molecule has 0 bridgehead atoms. The quantitative estimate of drug-likeness (QED) is 0.636. The number of methoxy groups -OCH3 is 1. The Balaban J connectivity index is 1.67. The van der Waals surface area contributed by atoms with E-state index in [0.29, 0.717) is 6.54 Å². The number of rotatable bonds is 4. The Labute approximate surface area is 179 Å². The molecular formula is C22H23N3O2S2. The van der Waals surface area contributed by atoms with E-state index in [9.17, 15) is 4.79 Å². The maximum Gasteiger partial charge on any atom is 0.269 e. The van der Waals surface area contributed by atoms with Crippen molar-refractivity contribution in [3.63, 3.8) is 0 Å². The Morgan fingerprint density at radius 1 is 1.14 bits per heavy atom. The summed E-state index contributed by atoms with van der Waals surface area (Å²) in [7, 11) is 3.65. The minimum atomic E-state index is -0.0136. The fourth-order valence-corrected chi connectivity index (χ4v) is 5.78. The van der Waals surface area contributed by atoms with Crippen molar-refractivity contribution in [2.24, 2.45) is 4.99 Å². The molecule has 1 atom stereocenters. The molecule has 0 radical (unpaired) electrons. The molecular weight excluding hydrogens is 402 g/mol. The van der Waals surface area contributed by atoms with Crippen molar-refractivity contribution < 1.29 is 9.53 Å². The summed E-state index contributed by atoms with van der Waals surface area (Å²) in [6.07, 6.45) is 0. The highest BCUT2D eigenvalue weighted by atomic mass is 32.2. The van der Waals surface area contributed by atoms with Gasteiger partial charge in [-0.1, -0.05) is 42.1 Å². The Kier molecular flexibility index (Phi) is 5.61. The van der Waals surface area contributed by atoms with Crippen LogP contribution in [0, 0.1) is 0 Å². The van der Waals surface area contributed by atoms with E-state index in [-0.39, 0.29) is 11.9 Å². The van der Waals surface area contributed by atoms with Crippen molar-refractivity contribution in [1.29, 1.82) is 0 Å². The molecule has 0 aliphatic carbocycles. The summed E-state index contributed by atoms with van der Waals surface area (Å²) in [6.45, 7) is 4.64. The van der Waals surface area contributed by atoms with Gasteiger partial charge in [0, 0.05) is 24.6 Å². The van der Waals surface area contributed by atoms with Crippen LogP contribution in [-0.2, 0) is 4.79 Å². The number of amides is 1. The SMILES string of the molecule is CCN1C(=O)/C(=C2/Sc3ccc(OC)cc3N2C)SC1=N[C@H](C)c1ccccc1. The van der Waals surface area contributed by atoms with Crippen molar-refractivity contribution in [1.82, 2.24) is 4.90 Å². The first kappa shape index (κ1) is 19.9. The van der Waals surface area contributed by atoms with Gasteiger partial charge < -0.3 is 9.64 Å². The number of ether oxygens (including phenoxy) is 1. The van der Waals surface area contributed by atoms with Gasteiger partial charge in [0.05, 0.1) is 23.9 Å². The molecule has 2 heterocycles. The number of anilines is 1. The zero-order chi connectivity index (χ0) is 20.5. The number of carbonyl (C=O) groups is 1. The van der Waals surface area contributed by atoms with Gasteiger partial charge in [-0.25, -0.2) is 0 Å². The molecule has 1 saturated heterocycles. The van der Waals surface area contributed by atoms with E-state index in [1.165, 1.54) is 11.8 Å². The summed E-state index contributed by atoms with van der Waals surface area (Å²) in [5.74, 6) is 0.826. The summed E-state index contributed by atoms with van der Waals surface area (Å²) >= 11 is 3.09. The molecule has 4 rings (SSSR count). The molecule has 0 spiro atoms. The van der Waals surface area contributed by atoms with Crippen LogP contribution in [0.2, 0.25) is 0 Å². The highest BCUT2D eigenvalue weighted by molar-refractivity contribution is 8.19. The summed E-state index contributed by atoms with van der Waals surface area (Å²) in [5.41, 5.74) is 2.19. The first-order valence-corrected chi connectivity index (χ1v) is 11.1. The lowest BCUT2D eigenvalue weighted by Gasteiger charge is -2.16. The van der Waals surface area contributed by atoms with Crippen LogP contribution in [0.15, 0.2) is 68.4 Å². The van der Waals surface area contributed by atoms with Gasteiger partial charge in [-0.3, -0.25) is 14.7 Å². The van der Waals surface area contributed by atoms with Crippen LogP contribution in [0.4, 0.5) is 5.69 Å². The van der Waals surface area contributed by atoms with Gasteiger partial charge in [0.15, 0.2) is 5.17 Å². The number of hydrogen-bond donors (Lipinski definition) is 0. The lowest BCUT2D eigenvalue weighted by atomic mass is 10.1. The molecule has 1 fully saturated rings. The molecule has 0 aromatic heterocycles. The number of likely N-dealkylation sites (N-methyl/N-ethyl adjacent to an activating group) is 1. The first-order chi connectivity index (χ1) is 14.0. The Morgan fingerprint density at radius 2 is 1.90 bits per heavy atom. The smallest absolute Gasteiger partial charge is 0.269 e. The van der Waals surface area contributed by atoms with Crippen molar-refractivity contribution in [3.8, 4) is 5.75 Å². The van der Waals surface area contributed by atoms with E-state index in [1.54, 1.807) is 23.8 Å². The number of thioether (sulfide) groups is 2. The zero-order valence-corrected chi connectivity index (χ0v) is 18.5. The molecule has 7 heteroatoms. The van der Waals surface area contributed by atoms with Gasteiger partial charge >= 0.3 is 0 Å². The van der Waals surface area contributed by atoms with Crippen molar-refractivity contribution in [2.45, 2.75) is 24.8 Å². The van der Waals surface area contributed by atoms with Crippen molar-refractivity contribution in [2.75, 3.05) is 25.6 Å². The highest BCUT2D eigenvalue weighted by Crippen LogP contribution is 2.51. The number of nitrogens with zero attached hydrogens (tertiary/aromatic N) is 3. The molecule has 0 N–H and O–H groups in total. The van der Waals surface area contributed by atoms with E-state index in [0.717, 1.165) is 37.0 Å². The van der Waals surface area contributed by atoms with Gasteiger partial charge in [-0.15, -0.1) is 0 Å². The number of carbonyl (C=O) groups excluding carboxylic acids is 1. The number of aliphatic imine (C=N–C) groups is 1. The fourth-order valence-electron chi connectivity index (χ4n) is 3.33. The maximum atomic E-state index is 13.2. The standard InChI is InChI=1S/C22H23N3O2S2/c1-5-25-20(26)19(29-22(25)23-14(2)15-9-7-6-8-10-15)21-24(3)17-13-16(27-4)11-12-18(17)28-21/h6-14H,5H2,1-4H3/b21-19-,23-22?/t14-/m1/s1. The molecule has 29 heavy (non-hydrogen) atoms. The van der Waals surface area contributed by atoms with Crippen LogP contribution in [0.5, 0.6) is 5.75 Å². The van der Waals surface area contributed by atoms with Gasteiger partial charge in [0.1, 0.15) is 10.7 Å². The van der Waals surface area contributed by atoms with Crippen LogP contribution in [-0.4, -0.2) is 36.7 Å². The molecule has 2 aliphatic heterocycles. The Morgan fingerprint density at radius 3 is 2.59 bits per heavy atom. The molecule has 0 saturated carbocycles. The molecule has 2 aromatic rings. The minimum Gasteiger partial charge on any atom is -0.497 e. The van der Waals surface area contributed by atoms with Crippen molar-refractivity contribution in [3.05, 3.63) is 64.0 Å². The van der Waals surface area contributed by atoms with Crippen molar-refractivity contribution >= 4 is 40.3 Å². The predicted molar refractivity (Wildman–Crippen MR) is 122 cm³/mol. The lowest BCUT2D eigenvalue weighted by Crippen LogP contribution is -2.29. The molecule has 1 amide bonds. The van der Waals surface area contributed by atoms with Gasteiger partial charge in [0.25, 0.3) is 5.91 Å². The average molecular weight is 426 g/mol. The number of benzene rings is 2.